The second-order valence-electron chi connectivity index (χ2n) is 8.55. The van der Waals surface area contributed by atoms with E-state index in [1.165, 1.54) is 89.2 Å². The van der Waals surface area contributed by atoms with Gasteiger partial charge in [-0.15, -0.1) is 0 Å². The van der Waals surface area contributed by atoms with Gasteiger partial charge in [-0.3, -0.25) is 14.9 Å². The van der Waals surface area contributed by atoms with Crippen molar-refractivity contribution in [3.63, 3.8) is 0 Å². The number of carboxylic acids is 1. The Bertz CT molecular complexity index is 585. The first-order chi connectivity index (χ1) is 14.5. The number of nitro groups is 1. The lowest BCUT2D eigenvalue weighted by Crippen LogP contribution is -2.16. The van der Waals surface area contributed by atoms with Crippen LogP contribution >= 0.6 is 0 Å². The summed E-state index contributed by atoms with van der Waals surface area (Å²) in [4.78, 5) is 21.8. The molecule has 0 aliphatic rings. The summed E-state index contributed by atoms with van der Waals surface area (Å²) >= 11 is 0. The van der Waals surface area contributed by atoms with E-state index in [1.54, 1.807) is 12.1 Å². The Morgan fingerprint density at radius 3 is 1.67 bits per heavy atom. The molecule has 5 nitrogen and oxygen atoms in total. The van der Waals surface area contributed by atoms with Crippen LogP contribution in [-0.4, -0.2) is 16.0 Å². The van der Waals surface area contributed by atoms with Gasteiger partial charge in [-0.05, 0) is 18.4 Å². The van der Waals surface area contributed by atoms with Gasteiger partial charge in [0.05, 0.1) is 10.8 Å². The molecular formula is C25H41NO4. The Balaban J connectivity index is 2.05. The van der Waals surface area contributed by atoms with Crippen LogP contribution in [0, 0.1) is 16.0 Å². The minimum absolute atomic E-state index is 0.0394. The third kappa shape index (κ3) is 12.6. The number of hydrogen-bond donors (Lipinski definition) is 1. The number of rotatable bonds is 19. The Labute approximate surface area is 182 Å². The van der Waals surface area contributed by atoms with E-state index < -0.39 is 16.8 Å². The lowest BCUT2D eigenvalue weighted by molar-refractivity contribution is -0.384. The van der Waals surface area contributed by atoms with Crippen LogP contribution in [-0.2, 0) is 11.2 Å². The third-order valence-electron chi connectivity index (χ3n) is 5.88. The van der Waals surface area contributed by atoms with Crippen molar-refractivity contribution in [2.75, 3.05) is 0 Å². The molecule has 0 aromatic heterocycles. The molecule has 0 heterocycles. The van der Waals surface area contributed by atoms with Gasteiger partial charge in [0.2, 0.25) is 0 Å². The molecule has 0 aliphatic heterocycles. The summed E-state index contributed by atoms with van der Waals surface area (Å²) in [6, 6.07) is 6.22. The monoisotopic (exact) mass is 419 g/mol. The Kier molecular flexibility index (Phi) is 14.7. The maximum Gasteiger partial charge on any atom is 0.306 e. The van der Waals surface area contributed by atoms with Gasteiger partial charge >= 0.3 is 5.97 Å². The molecule has 0 saturated heterocycles. The molecule has 0 aliphatic carbocycles. The van der Waals surface area contributed by atoms with Gasteiger partial charge in [-0.25, -0.2) is 0 Å². The number of non-ortho nitro benzene ring substituents is 1. The van der Waals surface area contributed by atoms with Crippen molar-refractivity contribution in [3.05, 3.63) is 39.9 Å². The second-order valence-corrected chi connectivity index (χ2v) is 8.55. The molecule has 1 unspecified atom stereocenters. The zero-order valence-corrected chi connectivity index (χ0v) is 18.8. The smallest absolute Gasteiger partial charge is 0.306 e. The standard InChI is InChI=1S/C25H41NO4/c1-2-3-4-5-6-7-8-9-10-11-12-13-14-15-16-23(25(27)28)21-22-17-19-24(20-18-22)26(29)30/h17-20,23H,2-16,21H2,1H3,(H,27,28). The van der Waals surface area contributed by atoms with Crippen LogP contribution in [0.2, 0.25) is 0 Å². The van der Waals surface area contributed by atoms with Crippen LogP contribution in [0.1, 0.15) is 109 Å². The molecular weight excluding hydrogens is 378 g/mol. The summed E-state index contributed by atoms with van der Waals surface area (Å²) in [7, 11) is 0. The van der Waals surface area contributed by atoms with E-state index in [9.17, 15) is 20.0 Å². The number of unbranched alkanes of at least 4 members (excludes halogenated alkanes) is 13. The zero-order chi connectivity index (χ0) is 22.0. The first kappa shape index (κ1) is 26.1. The number of benzene rings is 1. The van der Waals surface area contributed by atoms with Crippen LogP contribution in [0.15, 0.2) is 24.3 Å². The molecule has 0 spiro atoms. The fraction of sp³-hybridized carbons (Fsp3) is 0.720. The van der Waals surface area contributed by atoms with Crippen molar-refractivity contribution in [2.24, 2.45) is 5.92 Å². The Morgan fingerprint density at radius 2 is 1.27 bits per heavy atom. The summed E-state index contributed by atoms with van der Waals surface area (Å²) in [6.45, 7) is 2.26. The molecule has 170 valence electrons. The van der Waals surface area contributed by atoms with Crippen molar-refractivity contribution >= 4 is 11.7 Å². The molecule has 5 heteroatoms. The lowest BCUT2D eigenvalue weighted by atomic mass is 9.93. The van der Waals surface area contributed by atoms with Crippen LogP contribution in [0.4, 0.5) is 5.69 Å². The van der Waals surface area contributed by atoms with Crippen molar-refractivity contribution in [1.82, 2.24) is 0 Å². The van der Waals surface area contributed by atoms with Gasteiger partial charge in [0.25, 0.3) is 5.69 Å². The van der Waals surface area contributed by atoms with E-state index >= 15 is 0 Å². The molecule has 0 bridgehead atoms. The summed E-state index contributed by atoms with van der Waals surface area (Å²) in [5, 5.41) is 20.2. The van der Waals surface area contributed by atoms with Crippen LogP contribution < -0.4 is 0 Å². The molecule has 1 N–H and O–H groups in total. The van der Waals surface area contributed by atoms with E-state index in [-0.39, 0.29) is 5.69 Å². The lowest BCUT2D eigenvalue weighted by Gasteiger charge is -2.12. The highest BCUT2D eigenvalue weighted by molar-refractivity contribution is 5.70. The fourth-order valence-electron chi connectivity index (χ4n) is 3.94. The van der Waals surface area contributed by atoms with E-state index in [0.29, 0.717) is 12.8 Å². The highest BCUT2D eigenvalue weighted by Crippen LogP contribution is 2.20. The molecule has 1 aromatic carbocycles. The minimum atomic E-state index is -0.775. The summed E-state index contributed by atoms with van der Waals surface area (Å²) < 4.78 is 0. The maximum absolute atomic E-state index is 11.5. The van der Waals surface area contributed by atoms with Gasteiger partial charge in [-0.2, -0.15) is 0 Å². The number of nitro benzene ring substituents is 1. The van der Waals surface area contributed by atoms with Gasteiger partial charge in [0.15, 0.2) is 0 Å². The summed E-state index contributed by atoms with van der Waals surface area (Å²) in [5.41, 5.74) is 0.885. The molecule has 1 aromatic rings. The third-order valence-corrected chi connectivity index (χ3v) is 5.88. The first-order valence-electron chi connectivity index (χ1n) is 12.0. The number of nitrogens with zero attached hydrogens (tertiary/aromatic N) is 1. The first-order valence-corrected chi connectivity index (χ1v) is 12.0. The van der Waals surface area contributed by atoms with Crippen molar-refractivity contribution in [2.45, 2.75) is 110 Å². The quantitative estimate of drug-likeness (QED) is 0.141. The van der Waals surface area contributed by atoms with E-state index in [1.807, 2.05) is 0 Å². The SMILES string of the molecule is CCCCCCCCCCCCCCCCC(Cc1ccc([N+](=O)[O-])cc1)C(=O)O. The average molecular weight is 420 g/mol. The number of hydrogen-bond acceptors (Lipinski definition) is 3. The van der Waals surface area contributed by atoms with Gasteiger partial charge in [0.1, 0.15) is 0 Å². The largest absolute Gasteiger partial charge is 0.481 e. The van der Waals surface area contributed by atoms with Gasteiger partial charge in [-0.1, -0.05) is 109 Å². The topological polar surface area (TPSA) is 80.4 Å². The predicted octanol–water partition coefficient (Wildman–Crippen LogP) is 7.71. The molecule has 0 saturated carbocycles. The molecule has 0 radical (unpaired) electrons. The van der Waals surface area contributed by atoms with Gasteiger partial charge in [0, 0.05) is 12.1 Å². The molecule has 30 heavy (non-hydrogen) atoms. The fourth-order valence-corrected chi connectivity index (χ4v) is 3.94. The van der Waals surface area contributed by atoms with Gasteiger partial charge < -0.3 is 5.11 Å². The normalized spacial score (nSPS) is 12.0. The number of aliphatic carboxylic acids is 1. The molecule has 1 rings (SSSR count). The summed E-state index contributed by atoms with van der Waals surface area (Å²) in [5.74, 6) is -1.19. The highest BCUT2D eigenvalue weighted by atomic mass is 16.6. The summed E-state index contributed by atoms with van der Waals surface area (Å²) in [6.07, 6.45) is 19.2. The van der Waals surface area contributed by atoms with Crippen LogP contribution in [0.3, 0.4) is 0 Å². The number of carboxylic acid groups (broad SMARTS) is 1. The van der Waals surface area contributed by atoms with Crippen molar-refractivity contribution < 1.29 is 14.8 Å². The predicted molar refractivity (Wildman–Crippen MR) is 123 cm³/mol. The van der Waals surface area contributed by atoms with Crippen LogP contribution in [0.25, 0.3) is 0 Å². The minimum Gasteiger partial charge on any atom is -0.481 e. The molecule has 1 atom stereocenters. The molecule has 0 fully saturated rings. The van der Waals surface area contributed by atoms with Crippen molar-refractivity contribution in [3.8, 4) is 0 Å². The van der Waals surface area contributed by atoms with E-state index in [4.69, 9.17) is 0 Å². The molecule has 0 amide bonds. The average Bonchev–Trinajstić information content (AvgIpc) is 2.73. The maximum atomic E-state index is 11.5. The Hall–Kier alpha value is -1.91. The van der Waals surface area contributed by atoms with Crippen molar-refractivity contribution in [1.29, 1.82) is 0 Å². The number of carbonyl (C=O) groups is 1. The second kappa shape index (κ2) is 16.8. The van der Waals surface area contributed by atoms with E-state index in [2.05, 4.69) is 6.92 Å². The zero-order valence-electron chi connectivity index (χ0n) is 18.8. The highest BCUT2D eigenvalue weighted by Gasteiger charge is 2.18. The van der Waals surface area contributed by atoms with Crippen LogP contribution in [0.5, 0.6) is 0 Å². The van der Waals surface area contributed by atoms with E-state index in [0.717, 1.165) is 18.4 Å². The Morgan fingerprint density at radius 1 is 0.833 bits per heavy atom.